The standard InChI is InChI=1S/C33H37NO6S2/c1-21-18-29(26(32(2,3)4)19-27(21)34-42(38,39)25-8-6-5-7-9-25)41-30-28(36)20-33(23-12-13-23,40-31(30)37)17-16-22-10-14-24(35)15-11-22/h5-11,14-15,18-19,23,34-36H,12-13,16-17,20H2,1-4H3. The number of nitrogens with one attached hydrogen (secondary N) is 1. The van der Waals surface area contributed by atoms with Crippen molar-refractivity contribution in [3.63, 3.8) is 0 Å². The van der Waals surface area contributed by atoms with E-state index in [9.17, 15) is 23.4 Å². The van der Waals surface area contributed by atoms with E-state index in [0.29, 0.717) is 24.1 Å². The molecule has 1 heterocycles. The minimum atomic E-state index is -3.79. The fraction of sp³-hybridized carbons (Fsp3) is 0.364. The molecular formula is C33H37NO6S2. The number of aliphatic hydroxyl groups excluding tert-OH is 1. The minimum Gasteiger partial charge on any atom is -0.511 e. The minimum absolute atomic E-state index is 0.0280. The normalized spacial score (nSPS) is 19.5. The fourth-order valence-electron chi connectivity index (χ4n) is 5.42. The van der Waals surface area contributed by atoms with E-state index in [2.05, 4.69) is 4.72 Å². The summed E-state index contributed by atoms with van der Waals surface area (Å²) in [7, 11) is -3.79. The highest BCUT2D eigenvalue weighted by Crippen LogP contribution is 2.52. The van der Waals surface area contributed by atoms with Crippen LogP contribution in [0.15, 0.2) is 87.2 Å². The molecular weight excluding hydrogens is 570 g/mol. The van der Waals surface area contributed by atoms with Crippen LogP contribution < -0.4 is 4.72 Å². The molecule has 0 amide bonds. The first-order chi connectivity index (χ1) is 19.8. The van der Waals surface area contributed by atoms with E-state index in [0.717, 1.165) is 28.9 Å². The Kier molecular flexibility index (Phi) is 8.11. The van der Waals surface area contributed by atoms with Crippen molar-refractivity contribution in [3.05, 3.63) is 94.1 Å². The Bertz CT molecular complexity index is 1620. The van der Waals surface area contributed by atoms with Crippen molar-refractivity contribution in [2.45, 2.75) is 80.6 Å². The molecule has 1 saturated carbocycles. The second-order valence-corrected chi connectivity index (χ2v) is 15.0. The first-order valence-corrected chi connectivity index (χ1v) is 16.4. The first-order valence-electron chi connectivity index (χ1n) is 14.1. The van der Waals surface area contributed by atoms with Gasteiger partial charge in [-0.1, -0.05) is 62.9 Å². The number of cyclic esters (lactones) is 1. The second-order valence-electron chi connectivity index (χ2n) is 12.3. The van der Waals surface area contributed by atoms with Gasteiger partial charge in [-0.3, -0.25) is 4.72 Å². The van der Waals surface area contributed by atoms with Crippen molar-refractivity contribution >= 4 is 33.4 Å². The lowest BCUT2D eigenvalue weighted by molar-refractivity contribution is -0.161. The number of rotatable bonds is 9. The predicted molar refractivity (Wildman–Crippen MR) is 165 cm³/mol. The molecule has 42 heavy (non-hydrogen) atoms. The number of benzene rings is 3. The summed E-state index contributed by atoms with van der Waals surface area (Å²) in [6, 6.07) is 18.9. The van der Waals surface area contributed by atoms with Crippen LogP contribution in [0.5, 0.6) is 5.75 Å². The average Bonchev–Trinajstić information content (AvgIpc) is 3.78. The Hall–Kier alpha value is -3.43. The van der Waals surface area contributed by atoms with Gasteiger partial charge in [0.15, 0.2) is 0 Å². The maximum absolute atomic E-state index is 13.5. The van der Waals surface area contributed by atoms with Gasteiger partial charge in [0.2, 0.25) is 0 Å². The molecule has 1 aliphatic carbocycles. The fourth-order valence-corrected chi connectivity index (χ4v) is 7.81. The number of esters is 1. The Balaban J connectivity index is 1.42. The van der Waals surface area contributed by atoms with Crippen LogP contribution in [0.2, 0.25) is 0 Å². The van der Waals surface area contributed by atoms with Gasteiger partial charge >= 0.3 is 5.97 Å². The number of ether oxygens (including phenoxy) is 1. The van der Waals surface area contributed by atoms with Crippen LogP contribution in [-0.4, -0.2) is 30.2 Å². The Labute approximate surface area is 252 Å². The molecule has 3 N–H and O–H groups in total. The summed E-state index contributed by atoms with van der Waals surface area (Å²) in [5.41, 5.74) is 1.87. The summed E-state index contributed by atoms with van der Waals surface area (Å²) in [5, 5.41) is 20.9. The number of anilines is 1. The van der Waals surface area contributed by atoms with E-state index in [1.54, 1.807) is 42.5 Å². The molecule has 0 bridgehead atoms. The Morgan fingerprint density at radius 3 is 2.29 bits per heavy atom. The van der Waals surface area contributed by atoms with E-state index >= 15 is 0 Å². The number of aryl methyl sites for hydroxylation is 2. The average molecular weight is 608 g/mol. The number of sulfonamides is 1. The van der Waals surface area contributed by atoms with Crippen molar-refractivity contribution in [3.8, 4) is 5.75 Å². The number of carbonyl (C=O) groups is 1. The topological polar surface area (TPSA) is 113 Å². The molecule has 3 aromatic carbocycles. The Morgan fingerprint density at radius 2 is 1.69 bits per heavy atom. The van der Waals surface area contributed by atoms with Gasteiger partial charge in [-0.05, 0) is 97.0 Å². The molecule has 0 aromatic heterocycles. The monoisotopic (exact) mass is 607 g/mol. The molecule has 1 atom stereocenters. The largest absolute Gasteiger partial charge is 0.511 e. The molecule has 2 aliphatic rings. The van der Waals surface area contributed by atoms with E-state index in [-0.39, 0.29) is 39.1 Å². The van der Waals surface area contributed by atoms with Crippen LogP contribution >= 0.6 is 11.8 Å². The molecule has 0 spiro atoms. The zero-order valence-corrected chi connectivity index (χ0v) is 25.9. The summed E-state index contributed by atoms with van der Waals surface area (Å²) in [6.45, 7) is 7.87. The molecule has 9 heteroatoms. The predicted octanol–water partition coefficient (Wildman–Crippen LogP) is 7.39. The smallest absolute Gasteiger partial charge is 0.349 e. The highest BCUT2D eigenvalue weighted by Gasteiger charge is 2.52. The van der Waals surface area contributed by atoms with Gasteiger partial charge in [0.25, 0.3) is 10.0 Å². The highest BCUT2D eigenvalue weighted by atomic mass is 32.2. The van der Waals surface area contributed by atoms with Crippen molar-refractivity contribution in [2.75, 3.05) is 4.72 Å². The van der Waals surface area contributed by atoms with Crippen LogP contribution in [0.25, 0.3) is 0 Å². The third kappa shape index (κ3) is 6.47. The first kappa shape index (κ1) is 30.0. The number of phenolic OH excluding ortho intramolecular Hbond substituents is 1. The molecule has 0 radical (unpaired) electrons. The van der Waals surface area contributed by atoms with Crippen molar-refractivity contribution in [1.82, 2.24) is 0 Å². The summed E-state index contributed by atoms with van der Waals surface area (Å²) in [4.78, 5) is 14.6. The van der Waals surface area contributed by atoms with Gasteiger partial charge in [-0.2, -0.15) is 0 Å². The molecule has 0 saturated heterocycles. The van der Waals surface area contributed by atoms with E-state index in [1.165, 1.54) is 11.8 Å². The number of aliphatic hydroxyl groups is 1. The van der Waals surface area contributed by atoms with Crippen LogP contribution in [0.1, 0.15) is 63.1 Å². The number of hydrogen-bond acceptors (Lipinski definition) is 7. The van der Waals surface area contributed by atoms with Crippen molar-refractivity contribution in [1.29, 1.82) is 0 Å². The molecule has 3 aromatic rings. The van der Waals surface area contributed by atoms with Gasteiger partial charge in [-0.15, -0.1) is 0 Å². The summed E-state index contributed by atoms with van der Waals surface area (Å²) in [6.07, 6.45) is 3.40. The van der Waals surface area contributed by atoms with Gasteiger partial charge in [0.1, 0.15) is 22.0 Å². The van der Waals surface area contributed by atoms with Crippen LogP contribution in [0.4, 0.5) is 5.69 Å². The molecule has 1 fully saturated rings. The number of hydrogen-bond donors (Lipinski definition) is 3. The van der Waals surface area contributed by atoms with Crippen LogP contribution in [0.3, 0.4) is 0 Å². The Morgan fingerprint density at radius 1 is 1.02 bits per heavy atom. The number of phenols is 1. The van der Waals surface area contributed by atoms with Gasteiger partial charge in [0, 0.05) is 11.3 Å². The molecule has 1 unspecified atom stereocenters. The maximum Gasteiger partial charge on any atom is 0.349 e. The molecule has 222 valence electrons. The number of carbonyl (C=O) groups excluding carboxylic acids is 1. The summed E-state index contributed by atoms with van der Waals surface area (Å²) in [5.74, 6) is -0.0991. The lowest BCUT2D eigenvalue weighted by Gasteiger charge is -2.37. The van der Waals surface area contributed by atoms with Crippen molar-refractivity contribution < 1.29 is 28.2 Å². The SMILES string of the molecule is Cc1cc(SC2=C(O)CC(CCc3ccc(O)cc3)(C3CC3)OC2=O)c(C(C)(C)C)cc1NS(=O)(=O)c1ccccc1. The third-order valence-electron chi connectivity index (χ3n) is 7.95. The zero-order valence-electron chi connectivity index (χ0n) is 24.3. The van der Waals surface area contributed by atoms with E-state index in [1.807, 2.05) is 52.0 Å². The number of aromatic hydroxyl groups is 1. The molecule has 1 aliphatic heterocycles. The van der Waals surface area contributed by atoms with E-state index in [4.69, 9.17) is 4.74 Å². The van der Waals surface area contributed by atoms with E-state index < -0.39 is 21.6 Å². The third-order valence-corrected chi connectivity index (χ3v) is 10.5. The molecule has 7 nitrogen and oxygen atoms in total. The lowest BCUT2D eigenvalue weighted by Crippen LogP contribution is -2.42. The number of thioether (sulfide) groups is 1. The quantitative estimate of drug-likeness (QED) is 0.217. The van der Waals surface area contributed by atoms with Crippen LogP contribution in [-0.2, 0) is 31.4 Å². The summed E-state index contributed by atoms with van der Waals surface area (Å²) >= 11 is 1.17. The highest BCUT2D eigenvalue weighted by molar-refractivity contribution is 8.04. The lowest BCUT2D eigenvalue weighted by atomic mass is 9.84. The summed E-state index contributed by atoms with van der Waals surface area (Å²) < 4.78 is 35.0. The maximum atomic E-state index is 13.5. The van der Waals surface area contributed by atoms with Crippen molar-refractivity contribution in [2.24, 2.45) is 5.92 Å². The molecule has 5 rings (SSSR count). The second kappa shape index (κ2) is 11.3. The van der Waals surface area contributed by atoms with Gasteiger partial charge in [0.05, 0.1) is 10.6 Å². The van der Waals surface area contributed by atoms with Crippen LogP contribution in [0, 0.1) is 12.8 Å². The van der Waals surface area contributed by atoms with Gasteiger partial charge in [-0.25, -0.2) is 13.2 Å². The zero-order chi connectivity index (χ0) is 30.3. The van der Waals surface area contributed by atoms with Gasteiger partial charge < -0.3 is 14.9 Å².